The molecular weight excluding hydrogens is 443 g/mol. The third-order valence-electron chi connectivity index (χ3n) is 5.32. The number of halogens is 3. The second-order valence-corrected chi connectivity index (χ2v) is 8.85. The van der Waals surface area contributed by atoms with Crippen LogP contribution in [0.4, 0.5) is 13.2 Å². The lowest BCUT2D eigenvalue weighted by Gasteiger charge is -2.25. The van der Waals surface area contributed by atoms with Gasteiger partial charge in [-0.3, -0.25) is 0 Å². The zero-order chi connectivity index (χ0) is 24.7. The predicted molar refractivity (Wildman–Crippen MR) is 123 cm³/mol. The molecule has 0 bridgehead atoms. The SMILES string of the molecule is CC(C)(C)c1cc(-c2nc(-c3ccccc3O)nc(-c3ccccc3O)n2)ccc1C(F)(F)F. The molecular formula is C26H22F3N3O2. The van der Waals surface area contributed by atoms with Gasteiger partial charge < -0.3 is 10.2 Å². The van der Waals surface area contributed by atoms with Gasteiger partial charge >= 0.3 is 6.18 Å². The van der Waals surface area contributed by atoms with E-state index in [0.717, 1.165) is 6.07 Å². The summed E-state index contributed by atoms with van der Waals surface area (Å²) in [6.07, 6.45) is -4.51. The Morgan fingerprint density at radius 1 is 0.618 bits per heavy atom. The average molecular weight is 465 g/mol. The molecule has 5 nitrogen and oxygen atoms in total. The van der Waals surface area contributed by atoms with Crippen LogP contribution < -0.4 is 0 Å². The number of hydrogen-bond donors (Lipinski definition) is 2. The van der Waals surface area contributed by atoms with E-state index in [0.29, 0.717) is 16.7 Å². The number of aromatic nitrogens is 3. The molecule has 2 N–H and O–H groups in total. The summed E-state index contributed by atoms with van der Waals surface area (Å²) < 4.78 is 41.0. The topological polar surface area (TPSA) is 79.1 Å². The molecule has 0 amide bonds. The number of alkyl halides is 3. The second kappa shape index (κ2) is 8.44. The molecule has 0 spiro atoms. The standard InChI is InChI=1S/C26H22F3N3O2/c1-25(2,3)19-14-15(12-13-18(19)26(27,28)29)22-30-23(16-8-4-6-10-20(16)33)32-24(31-22)17-9-5-7-11-21(17)34/h4-14,33-34H,1-3H3. The van der Waals surface area contributed by atoms with Crippen molar-refractivity contribution in [2.45, 2.75) is 32.4 Å². The number of rotatable bonds is 3. The van der Waals surface area contributed by atoms with Crippen molar-refractivity contribution in [3.63, 3.8) is 0 Å². The van der Waals surface area contributed by atoms with Crippen LogP contribution in [-0.4, -0.2) is 25.2 Å². The van der Waals surface area contributed by atoms with Gasteiger partial charge in [0.2, 0.25) is 0 Å². The van der Waals surface area contributed by atoms with E-state index in [9.17, 15) is 23.4 Å². The first kappa shape index (κ1) is 23.2. The quantitative estimate of drug-likeness (QED) is 0.356. The van der Waals surface area contributed by atoms with Crippen molar-refractivity contribution >= 4 is 0 Å². The van der Waals surface area contributed by atoms with E-state index in [1.165, 1.54) is 24.3 Å². The number of phenols is 2. The summed E-state index contributed by atoms with van der Waals surface area (Å²) in [5.74, 6) is 0.235. The number of phenolic OH excluding ortho intramolecular Hbond substituents is 2. The van der Waals surface area contributed by atoms with Crippen molar-refractivity contribution in [1.29, 1.82) is 0 Å². The van der Waals surface area contributed by atoms with Crippen LogP contribution in [0.1, 0.15) is 31.9 Å². The molecule has 1 heterocycles. The summed E-state index contributed by atoms with van der Waals surface area (Å²) in [6, 6.07) is 16.7. The first-order valence-corrected chi connectivity index (χ1v) is 10.5. The third-order valence-corrected chi connectivity index (χ3v) is 5.32. The summed E-state index contributed by atoms with van der Waals surface area (Å²) >= 11 is 0. The van der Waals surface area contributed by atoms with Crippen molar-refractivity contribution < 1.29 is 23.4 Å². The maximum atomic E-state index is 13.7. The maximum absolute atomic E-state index is 13.7. The molecule has 0 aliphatic carbocycles. The number of para-hydroxylation sites is 2. The highest BCUT2D eigenvalue weighted by Crippen LogP contribution is 2.40. The van der Waals surface area contributed by atoms with Gasteiger partial charge in [-0.15, -0.1) is 0 Å². The molecule has 4 aromatic rings. The first-order chi connectivity index (χ1) is 15.9. The Labute approximate surface area is 194 Å². The minimum absolute atomic E-state index is 0.0642. The van der Waals surface area contributed by atoms with E-state index in [-0.39, 0.29) is 34.5 Å². The highest BCUT2D eigenvalue weighted by atomic mass is 19.4. The fourth-order valence-electron chi connectivity index (χ4n) is 3.62. The summed E-state index contributed by atoms with van der Waals surface area (Å²) in [4.78, 5) is 13.3. The molecule has 0 aliphatic heterocycles. The predicted octanol–water partition coefficient (Wildman–Crippen LogP) is 6.60. The molecule has 0 aliphatic rings. The minimum Gasteiger partial charge on any atom is -0.507 e. The zero-order valence-electron chi connectivity index (χ0n) is 18.7. The third kappa shape index (κ3) is 4.57. The van der Waals surface area contributed by atoms with E-state index < -0.39 is 17.2 Å². The molecule has 34 heavy (non-hydrogen) atoms. The van der Waals surface area contributed by atoms with Gasteiger partial charge in [-0.25, -0.2) is 15.0 Å². The van der Waals surface area contributed by atoms with Crippen molar-refractivity contribution in [3.05, 3.63) is 77.9 Å². The maximum Gasteiger partial charge on any atom is 0.416 e. The van der Waals surface area contributed by atoms with Gasteiger partial charge in [-0.05, 0) is 47.4 Å². The fraction of sp³-hybridized carbons (Fsp3) is 0.192. The molecule has 0 saturated carbocycles. The average Bonchev–Trinajstić information content (AvgIpc) is 2.78. The normalized spacial score (nSPS) is 12.1. The Bertz CT molecular complexity index is 1300. The van der Waals surface area contributed by atoms with Gasteiger partial charge in [0.1, 0.15) is 11.5 Å². The molecule has 4 rings (SSSR count). The van der Waals surface area contributed by atoms with Crippen LogP contribution in [0, 0.1) is 0 Å². The Morgan fingerprint density at radius 2 is 1.09 bits per heavy atom. The van der Waals surface area contributed by atoms with Crippen LogP contribution in [0.5, 0.6) is 11.5 Å². The van der Waals surface area contributed by atoms with Crippen molar-refractivity contribution in [2.24, 2.45) is 0 Å². The molecule has 0 radical (unpaired) electrons. The van der Waals surface area contributed by atoms with Crippen molar-refractivity contribution in [3.8, 4) is 45.7 Å². The summed E-state index contributed by atoms with van der Waals surface area (Å²) in [5.41, 5.74) is -0.411. The van der Waals surface area contributed by atoms with Gasteiger partial charge in [-0.1, -0.05) is 51.1 Å². The van der Waals surface area contributed by atoms with Crippen LogP contribution in [0.2, 0.25) is 0 Å². The molecule has 0 atom stereocenters. The fourth-order valence-corrected chi connectivity index (χ4v) is 3.62. The molecule has 0 saturated heterocycles. The summed E-state index contributed by atoms with van der Waals surface area (Å²) in [5, 5.41) is 20.7. The van der Waals surface area contributed by atoms with E-state index >= 15 is 0 Å². The molecule has 0 unspecified atom stereocenters. The lowest BCUT2D eigenvalue weighted by atomic mass is 9.82. The van der Waals surface area contributed by atoms with Gasteiger partial charge in [0.25, 0.3) is 0 Å². The van der Waals surface area contributed by atoms with Crippen LogP contribution in [0.25, 0.3) is 34.2 Å². The van der Waals surface area contributed by atoms with Crippen molar-refractivity contribution in [2.75, 3.05) is 0 Å². The summed E-state index contributed by atoms with van der Waals surface area (Å²) in [7, 11) is 0. The number of nitrogens with zero attached hydrogens (tertiary/aromatic N) is 3. The monoisotopic (exact) mass is 465 g/mol. The van der Waals surface area contributed by atoms with E-state index in [4.69, 9.17) is 0 Å². The Kier molecular flexibility index (Phi) is 5.77. The van der Waals surface area contributed by atoms with E-state index in [1.807, 2.05) is 0 Å². The molecule has 3 aromatic carbocycles. The van der Waals surface area contributed by atoms with Crippen LogP contribution in [-0.2, 0) is 11.6 Å². The van der Waals surface area contributed by atoms with E-state index in [2.05, 4.69) is 15.0 Å². The smallest absolute Gasteiger partial charge is 0.416 e. The van der Waals surface area contributed by atoms with Crippen LogP contribution in [0.15, 0.2) is 66.7 Å². The Balaban J connectivity index is 1.98. The van der Waals surface area contributed by atoms with Crippen LogP contribution >= 0.6 is 0 Å². The minimum atomic E-state index is -4.51. The molecule has 0 fully saturated rings. The van der Waals surface area contributed by atoms with Gasteiger partial charge in [0.05, 0.1) is 16.7 Å². The number of benzene rings is 3. The van der Waals surface area contributed by atoms with Crippen molar-refractivity contribution in [1.82, 2.24) is 15.0 Å². The zero-order valence-corrected chi connectivity index (χ0v) is 18.7. The molecule has 1 aromatic heterocycles. The molecule has 174 valence electrons. The highest BCUT2D eigenvalue weighted by molar-refractivity contribution is 5.72. The molecule has 8 heteroatoms. The second-order valence-electron chi connectivity index (χ2n) is 8.85. The summed E-state index contributed by atoms with van der Waals surface area (Å²) in [6.45, 7) is 5.11. The lowest BCUT2D eigenvalue weighted by molar-refractivity contribution is -0.138. The largest absolute Gasteiger partial charge is 0.507 e. The van der Waals surface area contributed by atoms with E-state index in [1.54, 1.807) is 57.2 Å². The van der Waals surface area contributed by atoms with Gasteiger partial charge in [-0.2, -0.15) is 13.2 Å². The van der Waals surface area contributed by atoms with Gasteiger partial charge in [0.15, 0.2) is 17.5 Å². The van der Waals surface area contributed by atoms with Crippen LogP contribution in [0.3, 0.4) is 0 Å². The number of aromatic hydroxyl groups is 2. The first-order valence-electron chi connectivity index (χ1n) is 10.5. The highest BCUT2D eigenvalue weighted by Gasteiger charge is 2.36. The number of hydrogen-bond acceptors (Lipinski definition) is 5. The Hall–Kier alpha value is -3.94. The Morgan fingerprint density at radius 3 is 1.53 bits per heavy atom. The lowest BCUT2D eigenvalue weighted by Crippen LogP contribution is -2.19. The van der Waals surface area contributed by atoms with Gasteiger partial charge in [0, 0.05) is 5.56 Å².